The van der Waals surface area contributed by atoms with Crippen LogP contribution in [-0.4, -0.2) is 75.7 Å². The predicted molar refractivity (Wildman–Crippen MR) is 134 cm³/mol. The number of carbonyl (C=O) groups is 2. The van der Waals surface area contributed by atoms with Gasteiger partial charge in [-0.25, -0.2) is 19.7 Å². The number of carbonyl (C=O) groups excluding carboxylic acids is 2. The highest BCUT2D eigenvalue weighted by Gasteiger charge is 2.32. The van der Waals surface area contributed by atoms with Crippen molar-refractivity contribution >= 4 is 34.5 Å². The number of ether oxygens (including phenoxy) is 1. The summed E-state index contributed by atoms with van der Waals surface area (Å²) in [6, 6.07) is 6.63. The highest BCUT2D eigenvalue weighted by molar-refractivity contribution is 6.00. The number of piperidine rings is 1. The molecule has 4 heterocycles. The third-order valence-electron chi connectivity index (χ3n) is 6.37. The third kappa shape index (κ3) is 5.21. The summed E-state index contributed by atoms with van der Waals surface area (Å²) in [6.45, 7) is 3.96. The van der Waals surface area contributed by atoms with E-state index < -0.39 is 6.03 Å². The van der Waals surface area contributed by atoms with Crippen LogP contribution in [0.25, 0.3) is 11.0 Å². The second-order valence-corrected chi connectivity index (χ2v) is 8.69. The van der Waals surface area contributed by atoms with E-state index in [0.29, 0.717) is 60.6 Å². The number of nitriles is 1. The lowest BCUT2D eigenvalue weighted by Gasteiger charge is -2.42. The van der Waals surface area contributed by atoms with Crippen LogP contribution in [0, 0.1) is 17.2 Å². The van der Waals surface area contributed by atoms with Gasteiger partial charge < -0.3 is 25.6 Å². The molecular formula is C24H29N9O3. The molecule has 3 aromatic heterocycles. The van der Waals surface area contributed by atoms with Gasteiger partial charge in [0.15, 0.2) is 5.65 Å². The second kappa shape index (κ2) is 11.0. The van der Waals surface area contributed by atoms with Crippen LogP contribution in [0.3, 0.4) is 0 Å². The number of hydrogen-bond acceptors (Lipinski definition) is 9. The molecule has 3 aromatic rings. The van der Waals surface area contributed by atoms with Crippen molar-refractivity contribution in [3.8, 4) is 11.9 Å². The molecule has 0 saturated carbocycles. The van der Waals surface area contributed by atoms with Gasteiger partial charge in [0.1, 0.15) is 25.2 Å². The van der Waals surface area contributed by atoms with E-state index in [2.05, 4.69) is 27.2 Å². The Bertz CT molecular complexity index is 1290. The Morgan fingerprint density at radius 1 is 1.33 bits per heavy atom. The molecule has 1 saturated heterocycles. The van der Waals surface area contributed by atoms with Crippen molar-refractivity contribution in [3.63, 3.8) is 0 Å². The summed E-state index contributed by atoms with van der Waals surface area (Å²) in [5, 5.41) is 12.4. The van der Waals surface area contributed by atoms with Crippen LogP contribution >= 0.6 is 0 Å². The van der Waals surface area contributed by atoms with Gasteiger partial charge in [-0.1, -0.05) is 6.92 Å². The maximum absolute atomic E-state index is 13.1. The van der Waals surface area contributed by atoms with E-state index in [1.54, 1.807) is 35.5 Å². The topological polar surface area (TPSA) is 155 Å². The number of hydrogen-bond donors (Lipinski definition) is 2. The van der Waals surface area contributed by atoms with Crippen LogP contribution in [0.2, 0.25) is 0 Å². The van der Waals surface area contributed by atoms with E-state index in [9.17, 15) is 9.59 Å². The number of likely N-dealkylation sites (tertiary alicyclic amines) is 1. The van der Waals surface area contributed by atoms with Gasteiger partial charge in [-0.2, -0.15) is 5.26 Å². The van der Waals surface area contributed by atoms with Crippen LogP contribution in [-0.2, 0) is 4.79 Å². The molecule has 0 aliphatic carbocycles. The molecule has 188 valence electrons. The van der Waals surface area contributed by atoms with E-state index >= 15 is 0 Å². The minimum atomic E-state index is -0.396. The fourth-order valence-corrected chi connectivity index (χ4v) is 4.41. The van der Waals surface area contributed by atoms with E-state index in [-0.39, 0.29) is 18.4 Å². The smallest absolute Gasteiger partial charge is 0.331 e. The lowest BCUT2D eigenvalue weighted by molar-refractivity contribution is -0.131. The first-order valence-electron chi connectivity index (χ1n) is 11.7. The maximum Gasteiger partial charge on any atom is 0.331 e. The van der Waals surface area contributed by atoms with E-state index in [1.165, 1.54) is 10.9 Å². The van der Waals surface area contributed by atoms with Crippen molar-refractivity contribution in [2.75, 3.05) is 43.5 Å². The summed E-state index contributed by atoms with van der Waals surface area (Å²) >= 11 is 0. The fourth-order valence-electron chi connectivity index (χ4n) is 4.41. The number of rotatable bonds is 7. The Morgan fingerprint density at radius 3 is 2.94 bits per heavy atom. The molecule has 2 atom stereocenters. The summed E-state index contributed by atoms with van der Waals surface area (Å²) in [7, 11) is 1.93. The van der Waals surface area contributed by atoms with Gasteiger partial charge in [-0.05, 0) is 24.5 Å². The van der Waals surface area contributed by atoms with Crippen molar-refractivity contribution < 1.29 is 14.3 Å². The van der Waals surface area contributed by atoms with Crippen LogP contribution in [0.4, 0.5) is 16.3 Å². The molecule has 1 aliphatic heterocycles. The Hall–Kier alpha value is -4.24. The van der Waals surface area contributed by atoms with Gasteiger partial charge in [0.2, 0.25) is 11.8 Å². The van der Waals surface area contributed by atoms with Gasteiger partial charge in [-0.3, -0.25) is 9.36 Å². The number of likely N-dealkylation sites (N-methyl/N-ethyl adjacent to an activating group) is 1. The first kappa shape index (κ1) is 24.9. The lowest BCUT2D eigenvalue weighted by atomic mass is 9.92. The Morgan fingerprint density at radius 2 is 2.17 bits per heavy atom. The zero-order valence-corrected chi connectivity index (χ0v) is 20.3. The monoisotopic (exact) mass is 491 g/mol. The summed E-state index contributed by atoms with van der Waals surface area (Å²) in [5.41, 5.74) is 6.44. The van der Waals surface area contributed by atoms with Crippen LogP contribution in [0.1, 0.15) is 19.8 Å². The molecule has 12 heteroatoms. The molecule has 0 spiro atoms. The Labute approximate surface area is 208 Å². The largest absolute Gasteiger partial charge is 0.476 e. The maximum atomic E-state index is 13.1. The number of anilines is 2. The number of nitrogens with one attached hydrogen (secondary N) is 1. The van der Waals surface area contributed by atoms with Crippen molar-refractivity contribution in [2.24, 2.45) is 11.7 Å². The molecule has 4 rings (SSSR count). The zero-order valence-electron chi connectivity index (χ0n) is 20.3. The van der Waals surface area contributed by atoms with Gasteiger partial charge in [0.25, 0.3) is 0 Å². The van der Waals surface area contributed by atoms with E-state index in [1.807, 2.05) is 18.0 Å². The number of aromatic nitrogens is 4. The second-order valence-electron chi connectivity index (χ2n) is 8.69. The molecule has 1 fully saturated rings. The van der Waals surface area contributed by atoms with Crippen molar-refractivity contribution in [1.29, 1.82) is 5.26 Å². The molecule has 1 aliphatic rings. The summed E-state index contributed by atoms with van der Waals surface area (Å²) in [4.78, 5) is 42.1. The van der Waals surface area contributed by atoms with Crippen LogP contribution in [0.5, 0.6) is 5.88 Å². The summed E-state index contributed by atoms with van der Waals surface area (Å²) < 4.78 is 6.84. The number of amides is 2. The van der Waals surface area contributed by atoms with E-state index in [4.69, 9.17) is 15.7 Å². The van der Waals surface area contributed by atoms with Crippen LogP contribution < -0.4 is 20.7 Å². The zero-order chi connectivity index (χ0) is 25.7. The highest BCUT2D eigenvalue weighted by Crippen LogP contribution is 2.30. The Kier molecular flexibility index (Phi) is 7.60. The first-order valence-corrected chi connectivity index (χ1v) is 11.7. The van der Waals surface area contributed by atoms with E-state index in [0.717, 1.165) is 6.42 Å². The normalized spacial score (nSPS) is 17.4. The summed E-state index contributed by atoms with van der Waals surface area (Å²) in [6.07, 6.45) is 5.31. The van der Waals surface area contributed by atoms with Gasteiger partial charge in [-0.15, -0.1) is 0 Å². The number of nitrogens with zero attached hydrogens (tertiary/aromatic N) is 7. The average Bonchev–Trinajstić information content (AvgIpc) is 3.32. The number of fused-ring (bicyclic) bond motifs is 1. The lowest BCUT2D eigenvalue weighted by Crippen LogP contribution is -2.52. The quantitative estimate of drug-likeness (QED) is 0.503. The molecule has 0 bridgehead atoms. The number of pyridine rings is 1. The molecule has 2 amide bonds. The minimum Gasteiger partial charge on any atom is -0.476 e. The molecule has 0 unspecified atom stereocenters. The van der Waals surface area contributed by atoms with Crippen molar-refractivity contribution in [2.45, 2.75) is 25.8 Å². The van der Waals surface area contributed by atoms with Gasteiger partial charge in [0.05, 0.1) is 17.5 Å². The molecule has 0 radical (unpaired) electrons. The molecule has 0 aromatic carbocycles. The predicted octanol–water partition coefficient (Wildman–Crippen LogP) is 1.83. The highest BCUT2D eigenvalue weighted by atomic mass is 16.5. The molecule has 36 heavy (non-hydrogen) atoms. The minimum absolute atomic E-state index is 0.000398. The fraction of sp³-hybridized carbons (Fsp3) is 0.417. The molecule has 3 N–H and O–H groups in total. The summed E-state index contributed by atoms with van der Waals surface area (Å²) in [5.74, 6) is 1.18. The van der Waals surface area contributed by atoms with Gasteiger partial charge >= 0.3 is 6.03 Å². The van der Waals surface area contributed by atoms with Crippen molar-refractivity contribution in [3.05, 3.63) is 36.9 Å². The first-order chi connectivity index (χ1) is 17.4. The third-order valence-corrected chi connectivity index (χ3v) is 6.37. The van der Waals surface area contributed by atoms with Crippen molar-refractivity contribution in [1.82, 2.24) is 24.4 Å². The van der Waals surface area contributed by atoms with Gasteiger partial charge in [0, 0.05) is 50.8 Å². The Balaban J connectivity index is 1.55. The average molecular weight is 492 g/mol. The standard InChI is InChI=1S/C24H29N9O3/c1-16-5-10-32(21(34)3-7-25)14-19(16)31(2)22-18-6-11-33(23(18)29-15-28-22)24(35)30-17-4-9-27-20(13-17)36-12-8-26/h4,6,9,11,13,15-16,19H,3,5,8,10,12,14,26H2,1-2H3,(H,27,30,35)/t16-,19+/m1/s1. The molecular weight excluding hydrogens is 462 g/mol. The SMILES string of the molecule is C[C@@H]1CCN(C(=O)CC#N)C[C@@H]1N(C)c1ncnc2c1ccn2C(=O)Nc1ccnc(OCCN)c1. The number of nitrogens with two attached hydrogens (primary N) is 1. The van der Waals surface area contributed by atoms with Crippen LogP contribution in [0.15, 0.2) is 36.9 Å². The molecule has 12 nitrogen and oxygen atoms in total.